The maximum absolute atomic E-state index is 10.8. The first-order valence-electron chi connectivity index (χ1n) is 9.93. The van der Waals surface area contributed by atoms with Crippen molar-refractivity contribution in [2.24, 2.45) is 21.1 Å². The first-order valence-corrected chi connectivity index (χ1v) is 13.4. The van der Waals surface area contributed by atoms with Crippen molar-refractivity contribution in [2.75, 3.05) is 37.8 Å². The zero-order valence-corrected chi connectivity index (χ0v) is 18.5. The Labute approximate surface area is 169 Å². The van der Waals surface area contributed by atoms with E-state index >= 15 is 0 Å². The molecule has 1 saturated carbocycles. The van der Waals surface area contributed by atoms with Gasteiger partial charge in [0.2, 0.25) is 20.0 Å². The fraction of sp³-hybridized carbons (Fsp3) is 1.00. The van der Waals surface area contributed by atoms with Crippen LogP contribution in [0.4, 0.5) is 0 Å². The highest BCUT2D eigenvalue weighted by Gasteiger charge is 2.46. The summed E-state index contributed by atoms with van der Waals surface area (Å²) in [4.78, 5) is 0. The largest absolute Gasteiger partial charge is 0.377 e. The minimum atomic E-state index is -3.39. The van der Waals surface area contributed by atoms with Gasteiger partial charge in [0.05, 0.1) is 36.9 Å². The molecule has 11 heteroatoms. The maximum Gasteiger partial charge on any atom is 0.211 e. The van der Waals surface area contributed by atoms with E-state index in [-0.39, 0.29) is 29.1 Å². The van der Waals surface area contributed by atoms with Gasteiger partial charge in [-0.2, -0.15) is 0 Å². The molecule has 4 aliphatic rings. The molecule has 28 heavy (non-hydrogen) atoms. The van der Waals surface area contributed by atoms with Crippen molar-refractivity contribution in [3.05, 3.63) is 0 Å². The van der Waals surface area contributed by atoms with Crippen LogP contribution in [0.1, 0.15) is 46.0 Å². The van der Waals surface area contributed by atoms with Gasteiger partial charge in [0.1, 0.15) is 0 Å². The molecule has 3 aliphatic heterocycles. The van der Waals surface area contributed by atoms with E-state index in [1.807, 2.05) is 13.8 Å². The highest BCUT2D eigenvalue weighted by atomic mass is 32.2. The van der Waals surface area contributed by atoms with Crippen LogP contribution < -0.4 is 15.6 Å². The number of nitrogens with one attached hydrogen (secondary N) is 1. The molecular formula is C17H35N3O6S2. The summed E-state index contributed by atoms with van der Waals surface area (Å²) in [6.45, 7) is 7.27. The summed E-state index contributed by atoms with van der Waals surface area (Å²) in [5, 5.41) is 13.1. The molecule has 166 valence electrons. The van der Waals surface area contributed by atoms with Crippen molar-refractivity contribution in [3.63, 3.8) is 0 Å². The summed E-state index contributed by atoms with van der Waals surface area (Å²) < 4.78 is 54.0. The van der Waals surface area contributed by atoms with Gasteiger partial charge in [-0.1, -0.05) is 20.3 Å². The van der Waals surface area contributed by atoms with Crippen molar-refractivity contribution in [3.8, 4) is 0 Å². The molecule has 0 bridgehead atoms. The van der Waals surface area contributed by atoms with E-state index in [0.29, 0.717) is 12.0 Å². The summed E-state index contributed by atoms with van der Waals surface area (Å²) in [6, 6.07) is 0. The van der Waals surface area contributed by atoms with Crippen molar-refractivity contribution in [2.45, 2.75) is 58.2 Å². The molecule has 2 unspecified atom stereocenters. The second-order valence-electron chi connectivity index (χ2n) is 8.39. The number of rotatable bonds is 4. The Morgan fingerprint density at radius 2 is 1.29 bits per heavy atom. The van der Waals surface area contributed by atoms with E-state index in [2.05, 4.69) is 5.32 Å². The Balaban J connectivity index is 0.000000184. The number of sulfonamides is 2. The van der Waals surface area contributed by atoms with Crippen LogP contribution in [0, 0.1) is 10.8 Å². The van der Waals surface area contributed by atoms with Gasteiger partial charge in [-0.3, -0.25) is 0 Å². The number of primary sulfonamides is 2. The van der Waals surface area contributed by atoms with E-state index in [4.69, 9.17) is 19.8 Å². The van der Waals surface area contributed by atoms with Crippen LogP contribution in [0.3, 0.4) is 0 Å². The molecule has 9 nitrogen and oxygen atoms in total. The van der Waals surface area contributed by atoms with E-state index in [1.165, 1.54) is 19.3 Å². The van der Waals surface area contributed by atoms with Crippen molar-refractivity contribution in [1.82, 2.24) is 5.32 Å². The summed E-state index contributed by atoms with van der Waals surface area (Å²) in [5.41, 5.74) is 0.519. The first-order chi connectivity index (χ1) is 13.0. The Kier molecular flexibility index (Phi) is 7.91. The molecule has 3 saturated heterocycles. The zero-order chi connectivity index (χ0) is 21.1. The average Bonchev–Trinajstić information content (AvgIpc) is 3.11. The predicted octanol–water partition coefficient (Wildman–Crippen LogP) is -0.0863. The van der Waals surface area contributed by atoms with Gasteiger partial charge in [-0.25, -0.2) is 27.1 Å². The van der Waals surface area contributed by atoms with Gasteiger partial charge < -0.3 is 14.8 Å². The van der Waals surface area contributed by atoms with Crippen LogP contribution in [0.25, 0.3) is 0 Å². The van der Waals surface area contributed by atoms with Crippen LogP contribution >= 0.6 is 0 Å². The average molecular weight is 442 g/mol. The van der Waals surface area contributed by atoms with Crippen molar-refractivity contribution >= 4 is 20.0 Å². The smallest absolute Gasteiger partial charge is 0.211 e. The monoisotopic (exact) mass is 441 g/mol. The van der Waals surface area contributed by atoms with Crippen LogP contribution in [-0.4, -0.2) is 66.9 Å². The van der Waals surface area contributed by atoms with Crippen LogP contribution in [0.2, 0.25) is 0 Å². The SMILES string of the molecule is CC.NS(=O)(=O)CC1CC2(CCC2)CO1.NS(=O)(=O)CC1CC2(CNC2)CO1. The minimum Gasteiger partial charge on any atom is -0.377 e. The van der Waals surface area contributed by atoms with E-state index in [9.17, 15) is 16.8 Å². The molecule has 0 aromatic heterocycles. The first kappa shape index (κ1) is 24.0. The second kappa shape index (κ2) is 9.23. The third-order valence-corrected chi connectivity index (χ3v) is 7.50. The Morgan fingerprint density at radius 1 is 0.857 bits per heavy atom. The molecule has 0 aromatic rings. The molecular weight excluding hydrogens is 406 g/mol. The van der Waals surface area contributed by atoms with Crippen LogP contribution in [0.15, 0.2) is 0 Å². The highest BCUT2D eigenvalue weighted by molar-refractivity contribution is 7.89. The fourth-order valence-corrected chi connectivity index (χ4v) is 5.74. The molecule has 1 aliphatic carbocycles. The lowest BCUT2D eigenvalue weighted by Gasteiger charge is -2.37. The molecule has 5 N–H and O–H groups in total. The number of nitrogens with two attached hydrogens (primary N) is 2. The van der Waals surface area contributed by atoms with Crippen LogP contribution in [0.5, 0.6) is 0 Å². The molecule has 4 rings (SSSR count). The lowest BCUT2D eigenvalue weighted by Crippen LogP contribution is -2.54. The third-order valence-electron chi connectivity index (χ3n) is 5.82. The van der Waals surface area contributed by atoms with Crippen LogP contribution in [-0.2, 0) is 29.5 Å². The van der Waals surface area contributed by atoms with E-state index in [1.54, 1.807) is 0 Å². The molecule has 3 heterocycles. The Bertz CT molecular complexity index is 655. The second-order valence-corrected chi connectivity index (χ2v) is 11.7. The number of hydrogen-bond donors (Lipinski definition) is 3. The van der Waals surface area contributed by atoms with Gasteiger partial charge in [-0.15, -0.1) is 0 Å². The van der Waals surface area contributed by atoms with Gasteiger partial charge in [-0.05, 0) is 31.1 Å². The normalized spacial score (nSPS) is 29.9. The summed E-state index contributed by atoms with van der Waals surface area (Å²) in [7, 11) is -6.75. The number of ether oxygens (including phenoxy) is 2. The Morgan fingerprint density at radius 3 is 1.54 bits per heavy atom. The maximum atomic E-state index is 10.8. The van der Waals surface area contributed by atoms with E-state index in [0.717, 1.165) is 32.5 Å². The van der Waals surface area contributed by atoms with Gasteiger partial charge in [0.15, 0.2) is 0 Å². The summed E-state index contributed by atoms with van der Waals surface area (Å²) in [6.07, 6.45) is 4.97. The molecule has 0 amide bonds. The molecule has 0 radical (unpaired) electrons. The predicted molar refractivity (Wildman–Crippen MR) is 108 cm³/mol. The summed E-state index contributed by atoms with van der Waals surface area (Å²) in [5.74, 6) is -0.0660. The van der Waals surface area contributed by atoms with Crippen molar-refractivity contribution < 1.29 is 26.3 Å². The topological polar surface area (TPSA) is 151 Å². The fourth-order valence-electron chi connectivity index (χ4n) is 4.27. The minimum absolute atomic E-state index is 0.0191. The van der Waals surface area contributed by atoms with E-state index < -0.39 is 20.0 Å². The molecule has 2 atom stereocenters. The van der Waals surface area contributed by atoms with Gasteiger partial charge in [0.25, 0.3) is 0 Å². The lowest BCUT2D eigenvalue weighted by atomic mass is 9.68. The standard InChI is InChI=1S/C8H15NO3S.C7H14N2O3S.C2H6/c9-13(10,11)5-7-4-8(6-12-7)2-1-3-8;8-13(10,11)2-6-1-7(5-12-6)3-9-4-7;1-2/h7H,1-6H2,(H2,9,10,11);6,9H,1-5H2,(H2,8,10,11);1-2H3. The van der Waals surface area contributed by atoms with Gasteiger partial charge >= 0.3 is 0 Å². The molecule has 2 spiro atoms. The van der Waals surface area contributed by atoms with Crippen molar-refractivity contribution in [1.29, 1.82) is 0 Å². The molecule has 0 aromatic carbocycles. The number of hydrogen-bond acceptors (Lipinski definition) is 7. The van der Waals surface area contributed by atoms with Gasteiger partial charge in [0, 0.05) is 18.5 Å². The lowest BCUT2D eigenvalue weighted by molar-refractivity contribution is 0.0750. The molecule has 4 fully saturated rings. The quantitative estimate of drug-likeness (QED) is 0.551. The summed E-state index contributed by atoms with van der Waals surface area (Å²) >= 11 is 0. The third kappa shape index (κ3) is 6.89. The zero-order valence-electron chi connectivity index (χ0n) is 16.9. The highest BCUT2D eigenvalue weighted by Crippen LogP contribution is 2.49. The Hall–Kier alpha value is -0.300.